The highest BCUT2D eigenvalue weighted by atomic mass is 16.5. The van der Waals surface area contributed by atoms with Crippen LogP contribution < -0.4 is 14.2 Å². The van der Waals surface area contributed by atoms with Crippen LogP contribution in [0.1, 0.15) is 0 Å². The molecular weight excluding hydrogens is 266 g/mol. The van der Waals surface area contributed by atoms with E-state index in [1.165, 1.54) is 0 Å². The molecule has 2 aromatic carbocycles. The third-order valence-corrected chi connectivity index (χ3v) is 3.20. The molecule has 1 N–H and O–H groups in total. The Kier molecular flexibility index (Phi) is 3.96. The van der Waals surface area contributed by atoms with E-state index in [1.54, 1.807) is 7.11 Å². The minimum Gasteiger partial charge on any atom is -0.497 e. The Hall–Kier alpha value is -2.62. The van der Waals surface area contributed by atoms with E-state index in [2.05, 4.69) is 4.98 Å². The Bertz CT molecular complexity index is 703. The topological polar surface area (TPSA) is 43.5 Å². The van der Waals surface area contributed by atoms with E-state index in [9.17, 15) is 0 Å². The summed E-state index contributed by atoms with van der Waals surface area (Å²) in [5, 5.41) is 1.14. The lowest BCUT2D eigenvalue weighted by Crippen LogP contribution is -2.08. The van der Waals surface area contributed by atoms with Crippen molar-refractivity contribution >= 4 is 10.9 Å². The van der Waals surface area contributed by atoms with Gasteiger partial charge in [-0.05, 0) is 48.5 Å². The van der Waals surface area contributed by atoms with Gasteiger partial charge >= 0.3 is 0 Å². The standard InChI is InChI=1S/C17H17NO3/c1-19-14-2-4-15(5-3-14)20-10-11-21-16-6-7-17-13(12-16)8-9-18-17/h2-9,12,18H,10-11H2,1H3. The van der Waals surface area contributed by atoms with Crippen molar-refractivity contribution in [3.63, 3.8) is 0 Å². The van der Waals surface area contributed by atoms with Crippen LogP contribution in [-0.2, 0) is 0 Å². The SMILES string of the molecule is COc1ccc(OCCOc2ccc3[nH]ccc3c2)cc1. The van der Waals surface area contributed by atoms with Gasteiger partial charge in [-0.1, -0.05) is 0 Å². The maximum absolute atomic E-state index is 5.69. The van der Waals surface area contributed by atoms with Gasteiger partial charge in [-0.15, -0.1) is 0 Å². The van der Waals surface area contributed by atoms with Gasteiger partial charge < -0.3 is 19.2 Å². The van der Waals surface area contributed by atoms with Crippen molar-refractivity contribution in [2.45, 2.75) is 0 Å². The number of H-pyrrole nitrogens is 1. The van der Waals surface area contributed by atoms with Crippen LogP contribution in [0.4, 0.5) is 0 Å². The number of hydrogen-bond acceptors (Lipinski definition) is 3. The number of ether oxygens (including phenoxy) is 3. The number of hydrogen-bond donors (Lipinski definition) is 1. The van der Waals surface area contributed by atoms with Gasteiger partial charge in [0.15, 0.2) is 0 Å². The van der Waals surface area contributed by atoms with Gasteiger partial charge in [0.2, 0.25) is 0 Å². The van der Waals surface area contributed by atoms with Crippen molar-refractivity contribution in [3.8, 4) is 17.2 Å². The van der Waals surface area contributed by atoms with Crippen LogP contribution in [0.15, 0.2) is 54.7 Å². The van der Waals surface area contributed by atoms with Crippen molar-refractivity contribution in [2.24, 2.45) is 0 Å². The fourth-order valence-corrected chi connectivity index (χ4v) is 2.11. The molecule has 1 aromatic heterocycles. The lowest BCUT2D eigenvalue weighted by molar-refractivity contribution is 0.217. The predicted molar refractivity (Wildman–Crippen MR) is 82.3 cm³/mol. The van der Waals surface area contributed by atoms with E-state index < -0.39 is 0 Å². The number of rotatable bonds is 6. The minimum atomic E-state index is 0.498. The molecule has 0 radical (unpaired) electrons. The van der Waals surface area contributed by atoms with Crippen molar-refractivity contribution in [1.29, 1.82) is 0 Å². The van der Waals surface area contributed by atoms with Gasteiger partial charge in [-0.2, -0.15) is 0 Å². The first-order valence-corrected chi connectivity index (χ1v) is 6.82. The highest BCUT2D eigenvalue weighted by Crippen LogP contribution is 2.20. The Morgan fingerprint density at radius 2 is 1.48 bits per heavy atom. The van der Waals surface area contributed by atoms with E-state index in [4.69, 9.17) is 14.2 Å². The number of nitrogens with one attached hydrogen (secondary N) is 1. The van der Waals surface area contributed by atoms with Crippen LogP contribution in [0.2, 0.25) is 0 Å². The van der Waals surface area contributed by atoms with E-state index in [-0.39, 0.29) is 0 Å². The van der Waals surface area contributed by atoms with Crippen molar-refractivity contribution < 1.29 is 14.2 Å². The second-order valence-corrected chi connectivity index (χ2v) is 4.60. The first-order valence-electron chi connectivity index (χ1n) is 6.82. The normalized spacial score (nSPS) is 10.5. The quantitative estimate of drug-likeness (QED) is 0.702. The second kappa shape index (κ2) is 6.22. The van der Waals surface area contributed by atoms with Crippen LogP contribution >= 0.6 is 0 Å². The number of aromatic nitrogens is 1. The van der Waals surface area contributed by atoms with Gasteiger partial charge in [0.25, 0.3) is 0 Å². The van der Waals surface area contributed by atoms with E-state index in [0.717, 1.165) is 28.2 Å². The summed E-state index contributed by atoms with van der Waals surface area (Å²) in [5.41, 5.74) is 1.11. The number of fused-ring (bicyclic) bond motifs is 1. The maximum Gasteiger partial charge on any atom is 0.122 e. The molecule has 0 saturated carbocycles. The fourth-order valence-electron chi connectivity index (χ4n) is 2.11. The van der Waals surface area contributed by atoms with Crippen LogP contribution in [0, 0.1) is 0 Å². The molecule has 4 nitrogen and oxygen atoms in total. The van der Waals surface area contributed by atoms with Crippen molar-refractivity contribution in [1.82, 2.24) is 4.98 Å². The number of benzene rings is 2. The predicted octanol–water partition coefficient (Wildman–Crippen LogP) is 3.63. The van der Waals surface area contributed by atoms with Gasteiger partial charge in [-0.25, -0.2) is 0 Å². The van der Waals surface area contributed by atoms with Crippen molar-refractivity contribution in [3.05, 3.63) is 54.7 Å². The highest BCUT2D eigenvalue weighted by Gasteiger charge is 1.99. The molecule has 0 aliphatic carbocycles. The number of methoxy groups -OCH3 is 1. The van der Waals surface area contributed by atoms with Gasteiger partial charge in [-0.3, -0.25) is 0 Å². The molecule has 4 heteroatoms. The molecule has 0 spiro atoms. The zero-order valence-corrected chi connectivity index (χ0v) is 11.8. The molecule has 0 atom stereocenters. The number of aromatic amines is 1. The molecule has 0 fully saturated rings. The van der Waals surface area contributed by atoms with Crippen LogP contribution in [-0.4, -0.2) is 25.3 Å². The molecule has 21 heavy (non-hydrogen) atoms. The van der Waals surface area contributed by atoms with E-state index in [1.807, 2.05) is 54.7 Å². The van der Waals surface area contributed by atoms with Gasteiger partial charge in [0.1, 0.15) is 30.5 Å². The minimum absolute atomic E-state index is 0.498. The molecule has 0 unspecified atom stereocenters. The monoisotopic (exact) mass is 283 g/mol. The molecule has 3 rings (SSSR count). The first-order chi connectivity index (χ1) is 10.3. The Labute approximate surface area is 123 Å². The third-order valence-electron chi connectivity index (χ3n) is 3.20. The van der Waals surface area contributed by atoms with Crippen LogP contribution in [0.5, 0.6) is 17.2 Å². The molecule has 0 saturated heterocycles. The lowest BCUT2D eigenvalue weighted by Gasteiger charge is -2.09. The summed E-state index contributed by atoms with van der Waals surface area (Å²) >= 11 is 0. The van der Waals surface area contributed by atoms with E-state index in [0.29, 0.717) is 13.2 Å². The van der Waals surface area contributed by atoms with E-state index >= 15 is 0 Å². The Morgan fingerprint density at radius 3 is 2.24 bits per heavy atom. The van der Waals surface area contributed by atoms with Crippen LogP contribution in [0.25, 0.3) is 10.9 Å². The molecule has 0 amide bonds. The molecule has 108 valence electrons. The lowest BCUT2D eigenvalue weighted by atomic mass is 10.2. The zero-order valence-electron chi connectivity index (χ0n) is 11.8. The maximum atomic E-state index is 5.69. The highest BCUT2D eigenvalue weighted by molar-refractivity contribution is 5.80. The summed E-state index contributed by atoms with van der Waals surface area (Å²) in [6.07, 6.45) is 1.92. The summed E-state index contributed by atoms with van der Waals surface area (Å²) in [4.78, 5) is 3.15. The average molecular weight is 283 g/mol. The Balaban J connectivity index is 1.48. The van der Waals surface area contributed by atoms with Gasteiger partial charge in [0, 0.05) is 17.1 Å². The van der Waals surface area contributed by atoms with Gasteiger partial charge in [0.05, 0.1) is 7.11 Å². The third kappa shape index (κ3) is 3.28. The van der Waals surface area contributed by atoms with Crippen LogP contribution in [0.3, 0.4) is 0 Å². The zero-order chi connectivity index (χ0) is 14.5. The smallest absolute Gasteiger partial charge is 0.122 e. The summed E-state index contributed by atoms with van der Waals surface area (Å²) in [5.74, 6) is 2.47. The summed E-state index contributed by atoms with van der Waals surface area (Å²) < 4.78 is 16.4. The molecule has 3 aromatic rings. The fraction of sp³-hybridized carbons (Fsp3) is 0.176. The summed E-state index contributed by atoms with van der Waals surface area (Å²) in [6, 6.07) is 15.5. The molecule has 0 bridgehead atoms. The second-order valence-electron chi connectivity index (χ2n) is 4.60. The molecule has 1 heterocycles. The molecule has 0 aliphatic heterocycles. The Morgan fingerprint density at radius 1 is 0.810 bits per heavy atom. The summed E-state index contributed by atoms with van der Waals surface area (Å²) in [6.45, 7) is 0.999. The molecule has 0 aliphatic rings. The van der Waals surface area contributed by atoms with Crippen molar-refractivity contribution in [2.75, 3.05) is 20.3 Å². The average Bonchev–Trinajstić information content (AvgIpc) is 3.00. The largest absolute Gasteiger partial charge is 0.497 e. The first kappa shape index (κ1) is 13.4. The molecular formula is C17H17NO3. The summed E-state index contributed by atoms with van der Waals surface area (Å²) in [7, 11) is 1.64.